The first kappa shape index (κ1) is 37.7. The van der Waals surface area contributed by atoms with Gasteiger partial charge < -0.3 is 9.47 Å². The molecule has 4 heterocycles. The van der Waals surface area contributed by atoms with E-state index in [9.17, 15) is 19.2 Å². The zero-order valence-corrected chi connectivity index (χ0v) is 33.1. The van der Waals surface area contributed by atoms with Crippen molar-refractivity contribution >= 4 is 24.2 Å². The van der Waals surface area contributed by atoms with Crippen LogP contribution in [0.1, 0.15) is 102 Å². The fourth-order valence-corrected chi connectivity index (χ4v) is 10.9. The van der Waals surface area contributed by atoms with Gasteiger partial charge in [-0.25, -0.2) is 28.8 Å². The zero-order chi connectivity index (χ0) is 41.6. The van der Waals surface area contributed by atoms with Crippen molar-refractivity contribution in [2.45, 2.75) is 76.8 Å². The van der Waals surface area contributed by atoms with Crippen LogP contribution in [0.2, 0.25) is 0 Å². The SMILES string of the molecule is Cc1ccc(C2CC=NN2C(=O)C23CC(COc4cc(C5C=NN(C(=O)C67CC(COc8ccc(C#N)cn8)(C6)C7)C5c5ccc(C)c(F)c5)c(C#N)cn4)(C2)C3)c(F)c1. The molecule has 8 aliphatic rings. The molecule has 4 aromatic rings. The minimum Gasteiger partial charge on any atom is -0.477 e. The summed E-state index contributed by atoms with van der Waals surface area (Å²) in [6.07, 6.45) is 10.4. The molecule has 0 spiro atoms. The highest BCUT2D eigenvalue weighted by atomic mass is 19.1. The lowest BCUT2D eigenvalue weighted by molar-refractivity contribution is -0.227. The average molecular weight is 807 g/mol. The minimum absolute atomic E-state index is 0.0946. The Morgan fingerprint density at radius 2 is 1.45 bits per heavy atom. The van der Waals surface area contributed by atoms with Crippen molar-refractivity contribution in [2.75, 3.05) is 13.2 Å². The predicted molar refractivity (Wildman–Crippen MR) is 212 cm³/mol. The average Bonchev–Trinajstić information content (AvgIpc) is 3.85. The van der Waals surface area contributed by atoms with E-state index in [1.54, 1.807) is 55.8 Å². The van der Waals surface area contributed by atoms with Gasteiger partial charge in [-0.3, -0.25) is 9.59 Å². The maximum absolute atomic E-state index is 15.2. The van der Waals surface area contributed by atoms with Crippen LogP contribution in [-0.4, -0.2) is 57.4 Å². The Hall–Kier alpha value is -6.54. The fraction of sp³-hybridized carbons (Fsp3) is 0.391. The normalized spacial score (nSPS) is 30.0. The Bertz CT molecular complexity index is 2590. The first-order valence-electron chi connectivity index (χ1n) is 20.2. The number of ether oxygens (including phenoxy) is 2. The molecular weight excluding hydrogens is 767 g/mol. The van der Waals surface area contributed by atoms with Gasteiger partial charge >= 0.3 is 0 Å². The molecule has 12 nitrogen and oxygen atoms in total. The molecule has 6 fully saturated rings. The predicted octanol–water partition coefficient (Wildman–Crippen LogP) is 7.53. The Balaban J connectivity index is 0.826. The summed E-state index contributed by atoms with van der Waals surface area (Å²) in [5.41, 5.74) is 1.99. The molecule has 6 aliphatic carbocycles. The highest BCUT2D eigenvalue weighted by Gasteiger charge is 2.74. The number of benzene rings is 2. The minimum atomic E-state index is -0.729. The van der Waals surface area contributed by atoms with E-state index in [-0.39, 0.29) is 34.0 Å². The number of rotatable bonds is 11. The molecule has 3 atom stereocenters. The number of nitrogens with zero attached hydrogens (tertiary/aromatic N) is 8. The van der Waals surface area contributed by atoms with E-state index in [1.807, 2.05) is 19.1 Å². The smallest absolute Gasteiger partial charge is 0.249 e. The van der Waals surface area contributed by atoms with Crippen LogP contribution in [0.3, 0.4) is 0 Å². The third kappa shape index (κ3) is 5.87. The molecule has 2 aromatic carbocycles. The summed E-state index contributed by atoms with van der Waals surface area (Å²) >= 11 is 0. The van der Waals surface area contributed by atoms with E-state index in [0.717, 1.165) is 5.56 Å². The van der Waals surface area contributed by atoms with Gasteiger partial charge in [0.1, 0.15) is 23.8 Å². The summed E-state index contributed by atoms with van der Waals surface area (Å²) in [5.74, 6) is -0.898. The molecule has 302 valence electrons. The Labute approximate surface area is 345 Å². The van der Waals surface area contributed by atoms with E-state index in [1.165, 1.54) is 34.5 Å². The number of nitriles is 2. The van der Waals surface area contributed by atoms with Gasteiger partial charge in [0.05, 0.1) is 47.3 Å². The Morgan fingerprint density at radius 3 is 2.08 bits per heavy atom. The third-order valence-electron chi connectivity index (χ3n) is 13.7. The van der Waals surface area contributed by atoms with Crippen molar-refractivity contribution in [2.24, 2.45) is 31.9 Å². The van der Waals surface area contributed by atoms with Gasteiger partial charge in [-0.2, -0.15) is 20.7 Å². The molecule has 2 aliphatic heterocycles. The van der Waals surface area contributed by atoms with Crippen molar-refractivity contribution in [3.05, 3.63) is 118 Å². The van der Waals surface area contributed by atoms with Crippen LogP contribution in [-0.2, 0) is 9.59 Å². The molecule has 4 bridgehead atoms. The fourth-order valence-electron chi connectivity index (χ4n) is 10.9. The van der Waals surface area contributed by atoms with Crippen molar-refractivity contribution in [1.82, 2.24) is 20.0 Å². The van der Waals surface area contributed by atoms with Gasteiger partial charge in [-0.05, 0) is 92.8 Å². The third-order valence-corrected chi connectivity index (χ3v) is 13.7. The molecule has 60 heavy (non-hydrogen) atoms. The number of aromatic nitrogens is 2. The van der Waals surface area contributed by atoms with E-state index in [4.69, 9.17) is 14.7 Å². The molecule has 14 heteroatoms. The van der Waals surface area contributed by atoms with Gasteiger partial charge in [-0.15, -0.1) is 0 Å². The molecule has 0 N–H and O–H groups in total. The first-order chi connectivity index (χ1) is 28.9. The Morgan fingerprint density at radius 1 is 0.767 bits per heavy atom. The lowest BCUT2D eigenvalue weighted by atomic mass is 9.35. The lowest BCUT2D eigenvalue weighted by Gasteiger charge is -2.69. The Kier molecular flexibility index (Phi) is 8.48. The first-order valence-corrected chi connectivity index (χ1v) is 20.2. The molecule has 6 saturated carbocycles. The van der Waals surface area contributed by atoms with Crippen LogP contribution in [0.25, 0.3) is 0 Å². The number of amides is 2. The van der Waals surface area contributed by atoms with Crippen molar-refractivity contribution in [1.29, 1.82) is 10.5 Å². The molecular formula is C46H40F2N8O4. The summed E-state index contributed by atoms with van der Waals surface area (Å²) in [6, 6.07) is 18.0. The van der Waals surface area contributed by atoms with E-state index < -0.39 is 34.6 Å². The molecule has 0 radical (unpaired) electrons. The number of aryl methyl sites for hydroxylation is 2. The standard InChI is InChI=1S/C46H40F2N8O4/c1-27-3-7-32(36(48)11-27)37-9-10-53-55(37)41(57)45-19-44(20-45,21-45)26-60-39-13-33(31(15-50)17-52-39)34-18-54-56(40(34)30-6-4-28(2)35(47)12-30)42(58)46-22-43(23-46,24-46)25-59-38-8-5-29(14-49)16-51-38/h3-8,10-13,16-18,34,37,40H,9,19-26H2,1-2H3. The maximum atomic E-state index is 15.2. The van der Waals surface area contributed by atoms with Crippen molar-refractivity contribution < 1.29 is 27.8 Å². The van der Waals surface area contributed by atoms with Gasteiger partial charge in [0.15, 0.2) is 0 Å². The largest absolute Gasteiger partial charge is 0.477 e. The molecule has 0 saturated heterocycles. The molecule has 2 amide bonds. The number of hydrogen-bond acceptors (Lipinski definition) is 10. The number of halogens is 2. The highest BCUT2D eigenvalue weighted by molar-refractivity contribution is 5.90. The van der Waals surface area contributed by atoms with Crippen LogP contribution in [0.4, 0.5) is 8.78 Å². The second kappa shape index (κ2) is 13.5. The van der Waals surface area contributed by atoms with Crippen LogP contribution in [0, 0.1) is 69.8 Å². The van der Waals surface area contributed by atoms with Crippen LogP contribution >= 0.6 is 0 Å². The van der Waals surface area contributed by atoms with Crippen LogP contribution in [0.15, 0.2) is 77.2 Å². The topological polar surface area (TPSA) is 157 Å². The molecule has 2 aromatic heterocycles. The van der Waals surface area contributed by atoms with Crippen LogP contribution < -0.4 is 9.47 Å². The quantitative estimate of drug-likeness (QED) is 0.151. The van der Waals surface area contributed by atoms with E-state index >= 15 is 4.39 Å². The van der Waals surface area contributed by atoms with Gasteiger partial charge in [-0.1, -0.05) is 24.3 Å². The van der Waals surface area contributed by atoms with Gasteiger partial charge in [0.25, 0.3) is 0 Å². The number of hydrogen-bond donors (Lipinski definition) is 0. The summed E-state index contributed by atoms with van der Waals surface area (Å²) in [4.78, 5) is 36.9. The summed E-state index contributed by atoms with van der Waals surface area (Å²) in [5, 5.41) is 31.2. The van der Waals surface area contributed by atoms with E-state index in [2.05, 4.69) is 26.2 Å². The maximum Gasteiger partial charge on any atom is 0.249 e. The van der Waals surface area contributed by atoms with Crippen LogP contribution in [0.5, 0.6) is 11.8 Å². The number of pyridine rings is 2. The summed E-state index contributed by atoms with van der Waals surface area (Å²) in [7, 11) is 0. The van der Waals surface area contributed by atoms with Gasteiger partial charge in [0.2, 0.25) is 23.6 Å². The molecule has 12 rings (SSSR count). The van der Waals surface area contributed by atoms with Crippen molar-refractivity contribution in [3.63, 3.8) is 0 Å². The zero-order valence-electron chi connectivity index (χ0n) is 33.1. The second-order valence-corrected chi connectivity index (χ2v) is 18.0. The number of hydrazone groups is 2. The highest BCUT2D eigenvalue weighted by Crippen LogP contribution is 2.75. The number of carbonyl (C=O) groups is 2. The lowest BCUT2D eigenvalue weighted by Crippen LogP contribution is -2.69. The number of carbonyl (C=O) groups excluding carboxylic acids is 2. The second-order valence-electron chi connectivity index (χ2n) is 18.0. The summed E-state index contributed by atoms with van der Waals surface area (Å²) < 4.78 is 42.3. The molecule has 3 unspecified atom stereocenters. The van der Waals surface area contributed by atoms with E-state index in [0.29, 0.717) is 97.7 Å². The van der Waals surface area contributed by atoms with Gasteiger partial charge in [0, 0.05) is 65.7 Å². The monoisotopic (exact) mass is 806 g/mol. The summed E-state index contributed by atoms with van der Waals surface area (Å²) in [6.45, 7) is 4.21. The van der Waals surface area contributed by atoms with Crippen molar-refractivity contribution in [3.8, 4) is 23.9 Å².